The average molecular weight is 637 g/mol. The predicted molar refractivity (Wildman–Crippen MR) is 201 cm³/mol. The summed E-state index contributed by atoms with van der Waals surface area (Å²) in [7, 11) is -0.131. The molecule has 2 aromatic heterocycles. The molecule has 0 aliphatic heterocycles. The summed E-state index contributed by atoms with van der Waals surface area (Å²) >= 11 is 0. The molecule has 4 nitrogen and oxygen atoms in total. The van der Waals surface area contributed by atoms with Gasteiger partial charge in [0.1, 0.15) is 0 Å². The van der Waals surface area contributed by atoms with Crippen molar-refractivity contribution in [3.05, 3.63) is 59.2 Å². The van der Waals surface area contributed by atoms with E-state index < -0.39 is 0 Å². The molecule has 0 N–H and O–H groups in total. The number of hydrogen-bond donors (Lipinski definition) is 0. The Labute approximate surface area is 272 Å². The van der Waals surface area contributed by atoms with Crippen molar-refractivity contribution >= 4 is 37.9 Å². The summed E-state index contributed by atoms with van der Waals surface area (Å²) in [6, 6.07) is 8.98. The number of benzene rings is 2. The van der Waals surface area contributed by atoms with Crippen LogP contribution in [0.25, 0.3) is 22.1 Å². The normalized spacial score (nSPS) is 13.3. The molecule has 6 heteroatoms. The van der Waals surface area contributed by atoms with E-state index in [-0.39, 0.29) is 15.8 Å². The molecule has 2 heterocycles. The Morgan fingerprint density at radius 1 is 0.477 bits per heavy atom. The maximum absolute atomic E-state index is 4.59. The lowest BCUT2D eigenvalue weighted by atomic mass is 10.1. The summed E-state index contributed by atoms with van der Waals surface area (Å²) in [6.07, 6.45) is 6.53. The molecule has 0 saturated carbocycles. The van der Waals surface area contributed by atoms with Gasteiger partial charge in [-0.1, -0.05) is 98.9 Å². The summed E-state index contributed by atoms with van der Waals surface area (Å²) < 4.78 is 4.68. The van der Waals surface area contributed by atoms with Crippen LogP contribution in [0.4, 0.5) is 0 Å². The van der Waals surface area contributed by atoms with Gasteiger partial charge in [0, 0.05) is 13.1 Å². The molecule has 44 heavy (non-hydrogen) atoms. The number of hydrogen-bond acceptors (Lipinski definition) is 2. The van der Waals surface area contributed by atoms with Crippen molar-refractivity contribution in [1.82, 2.24) is 19.1 Å². The van der Waals surface area contributed by atoms with Gasteiger partial charge in [0.25, 0.3) is 0 Å². The minimum atomic E-state index is -0.0654. The van der Waals surface area contributed by atoms with Crippen LogP contribution < -0.4 is 0 Å². The van der Waals surface area contributed by atoms with Crippen LogP contribution in [-0.2, 0) is 13.1 Å². The fourth-order valence-electron chi connectivity index (χ4n) is 6.75. The first-order valence-electron chi connectivity index (χ1n) is 16.4. The molecule has 0 saturated heterocycles. The van der Waals surface area contributed by atoms with Crippen molar-refractivity contribution in [3.8, 4) is 0 Å². The zero-order valence-corrected chi connectivity index (χ0v) is 32.8. The number of aromatic nitrogens is 4. The van der Waals surface area contributed by atoms with Gasteiger partial charge in [-0.05, 0) is 107 Å². The van der Waals surface area contributed by atoms with E-state index in [0.29, 0.717) is 20.6 Å². The number of aryl methyl sites for hydroxylation is 6. The van der Waals surface area contributed by atoms with E-state index in [0.717, 1.165) is 24.1 Å². The second-order valence-electron chi connectivity index (χ2n) is 16.7. The highest BCUT2D eigenvalue weighted by Crippen LogP contribution is 2.60. The molecule has 0 bridgehead atoms. The van der Waals surface area contributed by atoms with Crippen molar-refractivity contribution in [3.63, 3.8) is 0 Å². The standard InChI is InChI=1S/2C19H31N2P/c2*1-14-11-16-17(12-15(14)2)21(13-20-16)9-10-22(18(3,4)5)19(6,7)8/h2*11-13H,9-10H2,1-8H3. The molecule has 244 valence electrons. The Bertz CT molecular complexity index is 1400. The highest BCUT2D eigenvalue weighted by molar-refractivity contribution is 7.61. The summed E-state index contributed by atoms with van der Waals surface area (Å²) in [5, 5.41) is 1.54. The van der Waals surface area contributed by atoms with E-state index in [2.05, 4.69) is 154 Å². The lowest BCUT2D eigenvalue weighted by Gasteiger charge is -2.41. The zero-order valence-electron chi connectivity index (χ0n) is 31.0. The van der Waals surface area contributed by atoms with Crippen LogP contribution >= 0.6 is 15.8 Å². The Hall–Kier alpha value is -1.76. The predicted octanol–water partition coefficient (Wildman–Crippen LogP) is 11.5. The molecule has 0 radical (unpaired) electrons. The van der Waals surface area contributed by atoms with Crippen molar-refractivity contribution in [2.45, 2.75) is 144 Å². The van der Waals surface area contributed by atoms with E-state index in [4.69, 9.17) is 0 Å². The minimum Gasteiger partial charge on any atom is -0.330 e. The summed E-state index contributed by atoms with van der Waals surface area (Å²) in [5.74, 6) is 0. The van der Waals surface area contributed by atoms with Crippen molar-refractivity contribution in [2.75, 3.05) is 12.3 Å². The van der Waals surface area contributed by atoms with Gasteiger partial charge in [0.2, 0.25) is 0 Å². The third kappa shape index (κ3) is 9.16. The van der Waals surface area contributed by atoms with Crippen LogP contribution in [0.3, 0.4) is 0 Å². The van der Waals surface area contributed by atoms with Crippen molar-refractivity contribution < 1.29 is 0 Å². The van der Waals surface area contributed by atoms with Gasteiger partial charge in [-0.15, -0.1) is 0 Å². The molecule has 4 rings (SSSR count). The fourth-order valence-corrected chi connectivity index (χ4v) is 14.3. The van der Waals surface area contributed by atoms with Gasteiger partial charge >= 0.3 is 0 Å². The van der Waals surface area contributed by atoms with E-state index in [1.807, 2.05) is 12.7 Å². The Morgan fingerprint density at radius 2 is 0.750 bits per heavy atom. The van der Waals surface area contributed by atoms with Gasteiger partial charge in [-0.3, -0.25) is 0 Å². The van der Waals surface area contributed by atoms with Crippen molar-refractivity contribution in [1.29, 1.82) is 0 Å². The largest absolute Gasteiger partial charge is 0.330 e. The van der Waals surface area contributed by atoms with Crippen LogP contribution in [0.2, 0.25) is 0 Å². The molecule has 0 aliphatic rings. The Kier molecular flexibility index (Phi) is 11.3. The van der Waals surface area contributed by atoms with Gasteiger partial charge in [-0.2, -0.15) is 0 Å². The monoisotopic (exact) mass is 636 g/mol. The first-order valence-corrected chi connectivity index (χ1v) is 19.4. The van der Waals surface area contributed by atoms with Crippen molar-refractivity contribution in [2.24, 2.45) is 0 Å². The van der Waals surface area contributed by atoms with Crippen LogP contribution in [0.5, 0.6) is 0 Å². The van der Waals surface area contributed by atoms with Crippen LogP contribution in [-0.4, -0.2) is 52.1 Å². The second kappa shape index (κ2) is 13.5. The Morgan fingerprint density at radius 3 is 1.02 bits per heavy atom. The van der Waals surface area contributed by atoms with Gasteiger partial charge in [0.15, 0.2) is 0 Å². The molecule has 0 spiro atoms. The highest BCUT2D eigenvalue weighted by atomic mass is 31.1. The maximum Gasteiger partial charge on any atom is 0.0958 e. The summed E-state index contributed by atoms with van der Waals surface area (Å²) in [5.41, 5.74) is 10.2. The van der Waals surface area contributed by atoms with Crippen LogP contribution in [0.1, 0.15) is 105 Å². The second-order valence-corrected chi connectivity index (χ2v) is 24.7. The van der Waals surface area contributed by atoms with Gasteiger partial charge in [-0.25, -0.2) is 9.97 Å². The van der Waals surface area contributed by atoms with Crippen LogP contribution in [0, 0.1) is 27.7 Å². The molecule has 0 unspecified atom stereocenters. The minimum absolute atomic E-state index is 0.0654. The van der Waals surface area contributed by atoms with E-state index in [1.165, 1.54) is 45.6 Å². The molecule has 0 atom stereocenters. The van der Waals surface area contributed by atoms with Crippen LogP contribution in [0.15, 0.2) is 36.9 Å². The lowest BCUT2D eigenvalue weighted by Crippen LogP contribution is -2.27. The Balaban J connectivity index is 0.000000240. The lowest BCUT2D eigenvalue weighted by molar-refractivity contribution is 0.686. The third-order valence-corrected chi connectivity index (χ3v) is 16.6. The summed E-state index contributed by atoms with van der Waals surface area (Å²) in [4.78, 5) is 9.19. The van der Waals surface area contributed by atoms with E-state index in [9.17, 15) is 0 Å². The quantitative estimate of drug-likeness (QED) is 0.197. The zero-order chi connectivity index (χ0) is 33.4. The number of rotatable bonds is 6. The number of fused-ring (bicyclic) bond motifs is 2. The smallest absolute Gasteiger partial charge is 0.0958 e. The third-order valence-electron chi connectivity index (χ3n) is 8.84. The summed E-state index contributed by atoms with van der Waals surface area (Å²) in [6.45, 7) is 39.5. The molecule has 0 aliphatic carbocycles. The SMILES string of the molecule is Cc1cc2ncn(CCP(C(C)(C)C)C(C)(C)C)c2cc1C.Cc1cc2ncn(CCP(C(C)(C)C)C(C)(C)C)c2cc1C. The topological polar surface area (TPSA) is 35.6 Å². The first kappa shape index (κ1) is 36.7. The number of imidazole rings is 2. The van der Waals surface area contributed by atoms with E-state index >= 15 is 0 Å². The molecule has 4 aromatic rings. The van der Waals surface area contributed by atoms with Gasteiger partial charge in [0.05, 0.1) is 34.7 Å². The van der Waals surface area contributed by atoms with E-state index in [1.54, 1.807) is 0 Å². The maximum atomic E-state index is 4.59. The first-order chi connectivity index (χ1) is 20.0. The molecular formula is C38H62N4P2. The molecule has 2 aromatic carbocycles. The fraction of sp³-hybridized carbons (Fsp3) is 0.632. The van der Waals surface area contributed by atoms with Gasteiger partial charge < -0.3 is 9.13 Å². The highest BCUT2D eigenvalue weighted by Gasteiger charge is 2.34. The molecular weight excluding hydrogens is 574 g/mol. The average Bonchev–Trinajstić information content (AvgIpc) is 3.40. The number of nitrogens with zero attached hydrogens (tertiary/aromatic N) is 4. The molecule has 0 fully saturated rings. The molecule has 0 amide bonds.